The highest BCUT2D eigenvalue weighted by Crippen LogP contribution is 2.21. The second-order valence-electron chi connectivity index (χ2n) is 8.66. The minimum atomic E-state index is -0.568. The Hall–Kier alpha value is -4.57. The third kappa shape index (κ3) is 4.11. The topological polar surface area (TPSA) is 107 Å². The zero-order chi connectivity index (χ0) is 25.5. The van der Waals surface area contributed by atoms with Gasteiger partial charge in [0.25, 0.3) is 5.56 Å². The van der Waals surface area contributed by atoms with Gasteiger partial charge in [-0.3, -0.25) is 23.5 Å². The van der Waals surface area contributed by atoms with E-state index in [1.165, 1.54) is 15.9 Å². The van der Waals surface area contributed by atoms with Crippen molar-refractivity contribution in [3.63, 3.8) is 0 Å². The van der Waals surface area contributed by atoms with E-state index < -0.39 is 11.2 Å². The molecule has 0 bridgehead atoms. The first-order valence-electron chi connectivity index (χ1n) is 11.8. The van der Waals surface area contributed by atoms with Crippen LogP contribution in [0.3, 0.4) is 0 Å². The Labute approximate surface area is 214 Å². The van der Waals surface area contributed by atoms with Crippen molar-refractivity contribution < 1.29 is 4.79 Å². The maximum Gasteiger partial charge on any atom is 0.330 e. The Morgan fingerprint density at radius 1 is 0.973 bits per heavy atom. The van der Waals surface area contributed by atoms with Crippen LogP contribution in [0.15, 0.2) is 82.0 Å². The first kappa shape index (κ1) is 22.9. The van der Waals surface area contributed by atoms with Gasteiger partial charge in [-0.05, 0) is 18.1 Å². The molecule has 0 aliphatic rings. The molecule has 0 atom stereocenters. The molecule has 4 aromatic heterocycles. The van der Waals surface area contributed by atoms with Gasteiger partial charge in [0.05, 0.1) is 12.2 Å². The fourth-order valence-corrected chi connectivity index (χ4v) is 5.27. The third-order valence-electron chi connectivity index (χ3n) is 6.38. The summed E-state index contributed by atoms with van der Waals surface area (Å²) in [4.78, 5) is 51.2. The molecular formula is C27H22N6O3S. The van der Waals surface area contributed by atoms with Crippen molar-refractivity contribution in [3.8, 4) is 11.1 Å². The van der Waals surface area contributed by atoms with Crippen LogP contribution in [-0.2, 0) is 19.5 Å². The molecule has 1 N–H and O–H groups in total. The molecule has 0 amide bonds. The molecule has 0 aliphatic heterocycles. The molecule has 4 heterocycles. The number of nitrogens with zero attached hydrogens (tertiary/aromatic N) is 5. The van der Waals surface area contributed by atoms with Crippen molar-refractivity contribution >= 4 is 33.2 Å². The van der Waals surface area contributed by atoms with Crippen LogP contribution in [0.4, 0.5) is 0 Å². The first-order chi connectivity index (χ1) is 18.0. The van der Waals surface area contributed by atoms with Crippen molar-refractivity contribution in [1.29, 1.82) is 0 Å². The molecule has 184 valence electrons. The summed E-state index contributed by atoms with van der Waals surface area (Å²) in [6.45, 7) is 2.04. The lowest BCUT2D eigenvalue weighted by atomic mass is 10.0. The normalized spacial score (nSPS) is 11.5. The molecule has 6 rings (SSSR count). The van der Waals surface area contributed by atoms with E-state index in [4.69, 9.17) is 0 Å². The number of aromatic nitrogens is 6. The number of nitrogens with one attached hydrogen (secondary N) is 1. The molecular weight excluding hydrogens is 488 g/mol. The fraction of sp³-hybridized carbons (Fsp3) is 0.148. The van der Waals surface area contributed by atoms with Gasteiger partial charge in [-0.15, -0.1) is 11.3 Å². The SMILES string of the molecule is CCn1c(=O)[nH]c(=O)c2c1nc(Cc1cn3ccsc3n1)n2CC(=O)c1ccc(-c2ccccc2)cc1. The minimum Gasteiger partial charge on any atom is -0.314 e. The third-order valence-corrected chi connectivity index (χ3v) is 7.15. The number of aromatic amines is 1. The second kappa shape index (κ2) is 9.14. The molecule has 10 heteroatoms. The van der Waals surface area contributed by atoms with Crippen LogP contribution < -0.4 is 11.2 Å². The number of carbonyl (C=O) groups is 1. The van der Waals surface area contributed by atoms with Crippen LogP contribution in [0.5, 0.6) is 0 Å². The van der Waals surface area contributed by atoms with Gasteiger partial charge in [-0.1, -0.05) is 54.6 Å². The molecule has 0 saturated carbocycles. The summed E-state index contributed by atoms with van der Waals surface area (Å²) in [5.41, 5.74) is 2.72. The van der Waals surface area contributed by atoms with E-state index in [9.17, 15) is 14.4 Å². The van der Waals surface area contributed by atoms with E-state index in [0.29, 0.717) is 24.4 Å². The van der Waals surface area contributed by atoms with Crippen molar-refractivity contribution in [2.45, 2.75) is 26.4 Å². The number of Topliss-reactive ketones (excluding diaryl/α,β-unsaturated/α-hetero) is 1. The molecule has 0 unspecified atom stereocenters. The van der Waals surface area contributed by atoms with Gasteiger partial charge < -0.3 is 4.57 Å². The highest BCUT2D eigenvalue weighted by Gasteiger charge is 2.21. The minimum absolute atomic E-state index is 0.0935. The quantitative estimate of drug-likeness (QED) is 0.329. The van der Waals surface area contributed by atoms with Crippen LogP contribution in [-0.4, -0.2) is 34.3 Å². The smallest absolute Gasteiger partial charge is 0.314 e. The number of fused-ring (bicyclic) bond motifs is 2. The lowest BCUT2D eigenvalue weighted by Gasteiger charge is -2.09. The van der Waals surface area contributed by atoms with E-state index >= 15 is 0 Å². The number of hydrogen-bond acceptors (Lipinski definition) is 6. The zero-order valence-corrected chi connectivity index (χ0v) is 20.7. The number of thiazole rings is 1. The van der Waals surface area contributed by atoms with Gasteiger partial charge in [-0.25, -0.2) is 14.8 Å². The number of benzene rings is 2. The number of aryl methyl sites for hydroxylation is 1. The van der Waals surface area contributed by atoms with Crippen molar-refractivity contribution in [2.75, 3.05) is 0 Å². The largest absolute Gasteiger partial charge is 0.330 e. The van der Waals surface area contributed by atoms with Crippen molar-refractivity contribution in [1.82, 2.24) is 28.5 Å². The summed E-state index contributed by atoms with van der Waals surface area (Å²) < 4.78 is 4.93. The molecule has 0 aliphatic carbocycles. The van der Waals surface area contributed by atoms with E-state index in [2.05, 4.69) is 15.0 Å². The lowest BCUT2D eigenvalue weighted by Crippen LogP contribution is -2.31. The van der Waals surface area contributed by atoms with Gasteiger partial charge in [0.2, 0.25) is 0 Å². The maximum absolute atomic E-state index is 13.4. The van der Waals surface area contributed by atoms with Gasteiger partial charge in [0, 0.05) is 36.3 Å². The molecule has 0 spiro atoms. The number of hydrogen-bond donors (Lipinski definition) is 1. The molecule has 9 nitrogen and oxygen atoms in total. The summed E-state index contributed by atoms with van der Waals surface area (Å²) >= 11 is 1.52. The van der Waals surface area contributed by atoms with Crippen LogP contribution in [0, 0.1) is 0 Å². The van der Waals surface area contributed by atoms with Gasteiger partial charge >= 0.3 is 5.69 Å². The van der Waals surface area contributed by atoms with Gasteiger partial charge in [0.15, 0.2) is 21.9 Å². The Balaban J connectivity index is 1.40. The van der Waals surface area contributed by atoms with E-state index in [0.717, 1.165) is 21.8 Å². The summed E-state index contributed by atoms with van der Waals surface area (Å²) in [7, 11) is 0. The van der Waals surface area contributed by atoms with Crippen molar-refractivity contribution in [2.24, 2.45) is 0 Å². The number of ketones is 1. The summed E-state index contributed by atoms with van der Waals surface area (Å²) in [6.07, 6.45) is 4.12. The van der Waals surface area contributed by atoms with Crippen LogP contribution >= 0.6 is 11.3 Å². The number of H-pyrrole nitrogens is 1. The fourth-order valence-electron chi connectivity index (χ4n) is 4.55. The van der Waals surface area contributed by atoms with Crippen LogP contribution in [0.1, 0.15) is 28.8 Å². The predicted octanol–water partition coefficient (Wildman–Crippen LogP) is 3.76. The molecule has 0 radical (unpaired) electrons. The van der Waals surface area contributed by atoms with Gasteiger partial charge in [0.1, 0.15) is 5.82 Å². The molecule has 37 heavy (non-hydrogen) atoms. The molecule has 6 aromatic rings. The Bertz CT molecular complexity index is 1840. The highest BCUT2D eigenvalue weighted by atomic mass is 32.1. The van der Waals surface area contributed by atoms with E-state index in [1.54, 1.807) is 23.6 Å². The first-order valence-corrected chi connectivity index (χ1v) is 12.7. The monoisotopic (exact) mass is 510 g/mol. The summed E-state index contributed by atoms with van der Waals surface area (Å²) in [6, 6.07) is 17.3. The summed E-state index contributed by atoms with van der Waals surface area (Å²) in [5, 5.41) is 1.95. The molecule has 0 saturated heterocycles. The van der Waals surface area contributed by atoms with Gasteiger partial charge in [-0.2, -0.15) is 0 Å². The number of carbonyl (C=O) groups excluding carboxylic acids is 1. The standard InChI is InChI=1S/C27H22N6O3S/c1-2-32-24-23(25(35)30-26(32)36)33(22(29-24)14-20-15-31-12-13-37-27(31)28-20)16-21(34)19-10-8-18(9-11-19)17-6-4-3-5-7-17/h3-13,15H,2,14,16H2,1H3,(H,30,35,36). The molecule has 0 fully saturated rings. The Morgan fingerprint density at radius 2 is 1.73 bits per heavy atom. The van der Waals surface area contributed by atoms with E-state index in [1.807, 2.05) is 64.6 Å². The number of rotatable bonds is 7. The van der Waals surface area contributed by atoms with Crippen molar-refractivity contribution in [3.05, 3.63) is 110 Å². The average molecular weight is 511 g/mol. The summed E-state index contributed by atoms with van der Waals surface area (Å²) in [5.74, 6) is 0.327. The average Bonchev–Trinajstić information content (AvgIpc) is 3.59. The Kier molecular flexibility index (Phi) is 5.65. The zero-order valence-electron chi connectivity index (χ0n) is 19.9. The lowest BCUT2D eigenvalue weighted by molar-refractivity contribution is 0.0972. The highest BCUT2D eigenvalue weighted by molar-refractivity contribution is 7.15. The van der Waals surface area contributed by atoms with Crippen LogP contribution in [0.2, 0.25) is 0 Å². The second-order valence-corrected chi connectivity index (χ2v) is 9.53. The molecule has 2 aromatic carbocycles. The Morgan fingerprint density at radius 3 is 2.46 bits per heavy atom. The van der Waals surface area contributed by atoms with E-state index in [-0.39, 0.29) is 23.5 Å². The van der Waals surface area contributed by atoms with Crippen LogP contribution in [0.25, 0.3) is 27.3 Å². The predicted molar refractivity (Wildman–Crippen MR) is 142 cm³/mol. The maximum atomic E-state index is 13.4. The number of imidazole rings is 2.